The fourth-order valence-electron chi connectivity index (χ4n) is 5.24. The zero-order valence-corrected chi connectivity index (χ0v) is 22.0. The lowest BCUT2D eigenvalue weighted by atomic mass is 9.79. The van der Waals surface area contributed by atoms with Gasteiger partial charge >= 0.3 is 0 Å². The quantitative estimate of drug-likeness (QED) is 0.404. The van der Waals surface area contributed by atoms with Crippen LogP contribution in [0.4, 0.5) is 11.5 Å². The minimum Gasteiger partial charge on any atom is -0.463 e. The van der Waals surface area contributed by atoms with Crippen molar-refractivity contribution in [1.82, 2.24) is 9.97 Å². The average molecular weight is 525 g/mol. The monoisotopic (exact) mass is 524 g/mol. The van der Waals surface area contributed by atoms with E-state index < -0.39 is 13.0 Å². The summed E-state index contributed by atoms with van der Waals surface area (Å²) >= 11 is 6.03. The van der Waals surface area contributed by atoms with Gasteiger partial charge in [-0.2, -0.15) is 4.98 Å². The van der Waals surface area contributed by atoms with E-state index in [0.717, 1.165) is 37.0 Å². The Morgan fingerprint density at radius 3 is 2.53 bits per heavy atom. The Hall–Kier alpha value is -2.73. The summed E-state index contributed by atoms with van der Waals surface area (Å²) in [4.78, 5) is 23.7. The molecule has 1 aliphatic heterocycles. The number of aromatic nitrogens is 2. The van der Waals surface area contributed by atoms with Gasteiger partial charge in [0.1, 0.15) is 11.9 Å². The van der Waals surface area contributed by atoms with E-state index in [9.17, 15) is 9.46 Å². The molecule has 36 heavy (non-hydrogen) atoms. The first kappa shape index (κ1) is 24.9. The van der Waals surface area contributed by atoms with Crippen LogP contribution in [0.5, 0.6) is 5.88 Å². The number of aliphatic imine (C=N–C) groups is 1. The van der Waals surface area contributed by atoms with Crippen molar-refractivity contribution in [3.8, 4) is 5.88 Å². The molecule has 0 spiro atoms. The van der Waals surface area contributed by atoms with Gasteiger partial charge in [0.25, 0.3) is 0 Å². The Balaban J connectivity index is 1.26. The van der Waals surface area contributed by atoms with E-state index in [0.29, 0.717) is 39.8 Å². The van der Waals surface area contributed by atoms with E-state index in [1.165, 1.54) is 11.9 Å². The molecule has 0 saturated heterocycles. The Bertz CT molecular complexity index is 1350. The largest absolute Gasteiger partial charge is 0.463 e. The molecule has 7 nitrogen and oxygen atoms in total. The standard InChI is InChI=1S/C27H30ClN4O3P/c1-27(2)24(32-23-25(29)30-16-31-26(23)35-27)20-12-10-19(11-13-20)18-8-6-17(7-9-18)15-36(33,34)22-5-3-4-21(28)14-22/h3-5,10-14,16-18H,6-9,15H2,1-2H3,(H,33,34)(H2,29,30,31)/t17-,18-. The number of hydrogen-bond acceptors (Lipinski definition) is 6. The molecule has 1 aromatic heterocycles. The smallest absolute Gasteiger partial charge is 0.246 e. The second-order valence-electron chi connectivity index (χ2n) is 10.2. The second kappa shape index (κ2) is 9.62. The summed E-state index contributed by atoms with van der Waals surface area (Å²) in [6, 6.07) is 15.2. The SMILES string of the molecule is CC1(C)Oc2ncnc(N)c2N=C1c1ccc([C@H]2CC[C@H](CP(=O)(O)c3cccc(Cl)c3)CC2)cc1. The van der Waals surface area contributed by atoms with Gasteiger partial charge in [-0.1, -0.05) is 41.9 Å². The van der Waals surface area contributed by atoms with Crippen LogP contribution in [0.25, 0.3) is 0 Å². The molecule has 5 rings (SSSR count). The number of benzene rings is 2. The maximum absolute atomic E-state index is 13.0. The minimum absolute atomic E-state index is 0.234. The Morgan fingerprint density at radius 2 is 1.83 bits per heavy atom. The zero-order valence-electron chi connectivity index (χ0n) is 20.4. The van der Waals surface area contributed by atoms with Gasteiger partial charge in [0.15, 0.2) is 11.5 Å². The number of fused-ring (bicyclic) bond motifs is 1. The highest BCUT2D eigenvalue weighted by Crippen LogP contribution is 2.47. The van der Waals surface area contributed by atoms with Gasteiger partial charge in [0.2, 0.25) is 13.2 Å². The number of nitrogens with two attached hydrogens (primary N) is 1. The molecule has 2 aliphatic rings. The summed E-state index contributed by atoms with van der Waals surface area (Å²) in [5.41, 5.74) is 8.84. The van der Waals surface area contributed by atoms with Crippen molar-refractivity contribution < 1.29 is 14.2 Å². The molecule has 3 N–H and O–H groups in total. The van der Waals surface area contributed by atoms with Crippen LogP contribution in [0.3, 0.4) is 0 Å². The predicted molar refractivity (Wildman–Crippen MR) is 144 cm³/mol. The van der Waals surface area contributed by atoms with E-state index in [4.69, 9.17) is 27.1 Å². The Morgan fingerprint density at radius 1 is 1.11 bits per heavy atom. The van der Waals surface area contributed by atoms with Crippen LogP contribution in [0.15, 0.2) is 59.9 Å². The molecule has 1 atom stereocenters. The first-order valence-electron chi connectivity index (χ1n) is 12.2. The first-order valence-corrected chi connectivity index (χ1v) is 14.4. The molecule has 0 amide bonds. The van der Waals surface area contributed by atoms with Crippen LogP contribution in [-0.2, 0) is 4.57 Å². The molecule has 1 saturated carbocycles. The number of anilines is 1. The van der Waals surface area contributed by atoms with Crippen LogP contribution < -0.4 is 15.8 Å². The molecule has 0 bridgehead atoms. The number of nitrogen functional groups attached to an aromatic ring is 1. The topological polar surface area (TPSA) is 111 Å². The summed E-state index contributed by atoms with van der Waals surface area (Å²) < 4.78 is 19.1. The van der Waals surface area contributed by atoms with Crippen molar-refractivity contribution in [3.63, 3.8) is 0 Å². The Labute approximate surface area is 216 Å². The van der Waals surface area contributed by atoms with Crippen molar-refractivity contribution in [2.75, 3.05) is 11.9 Å². The van der Waals surface area contributed by atoms with Crippen LogP contribution in [0.2, 0.25) is 5.02 Å². The molecule has 1 fully saturated rings. The molecule has 3 aromatic rings. The summed E-state index contributed by atoms with van der Waals surface area (Å²) in [5, 5.41) is 0.935. The van der Waals surface area contributed by atoms with Crippen molar-refractivity contribution in [2.24, 2.45) is 10.9 Å². The normalized spacial score (nSPS) is 22.6. The lowest BCUT2D eigenvalue weighted by Gasteiger charge is -2.32. The summed E-state index contributed by atoms with van der Waals surface area (Å²) in [7, 11) is -3.42. The van der Waals surface area contributed by atoms with Gasteiger partial charge in [0, 0.05) is 22.1 Å². The van der Waals surface area contributed by atoms with Crippen molar-refractivity contribution in [1.29, 1.82) is 0 Å². The molecule has 9 heteroatoms. The fraction of sp³-hybridized carbons (Fsp3) is 0.370. The highest BCUT2D eigenvalue weighted by Gasteiger charge is 2.35. The highest BCUT2D eigenvalue weighted by molar-refractivity contribution is 7.66. The van der Waals surface area contributed by atoms with Crippen molar-refractivity contribution >= 4 is 41.5 Å². The third-order valence-corrected chi connectivity index (χ3v) is 9.51. The van der Waals surface area contributed by atoms with Crippen molar-refractivity contribution in [2.45, 2.75) is 51.0 Å². The molecule has 1 aliphatic carbocycles. The van der Waals surface area contributed by atoms with Gasteiger partial charge in [-0.3, -0.25) is 4.57 Å². The Kier molecular flexibility index (Phi) is 6.67. The van der Waals surface area contributed by atoms with Crippen LogP contribution in [0, 0.1) is 5.92 Å². The van der Waals surface area contributed by atoms with Crippen LogP contribution in [0.1, 0.15) is 56.6 Å². The lowest BCUT2D eigenvalue weighted by molar-refractivity contribution is 0.171. The number of nitrogens with zero attached hydrogens (tertiary/aromatic N) is 3. The first-order chi connectivity index (χ1) is 17.1. The van der Waals surface area contributed by atoms with Gasteiger partial charge in [-0.15, -0.1) is 0 Å². The van der Waals surface area contributed by atoms with Gasteiger partial charge < -0.3 is 15.4 Å². The molecular weight excluding hydrogens is 495 g/mol. The van der Waals surface area contributed by atoms with Gasteiger partial charge in [-0.25, -0.2) is 9.98 Å². The van der Waals surface area contributed by atoms with Crippen molar-refractivity contribution in [3.05, 3.63) is 71.0 Å². The molecule has 0 radical (unpaired) electrons. The number of ether oxygens (including phenoxy) is 1. The van der Waals surface area contributed by atoms with Gasteiger partial charge in [0.05, 0.1) is 5.71 Å². The molecular formula is C27H30ClN4O3P. The summed E-state index contributed by atoms with van der Waals surface area (Å²) in [6.07, 6.45) is 5.54. The molecule has 2 aromatic carbocycles. The molecule has 188 valence electrons. The van der Waals surface area contributed by atoms with Crippen LogP contribution >= 0.6 is 19.0 Å². The number of halogens is 1. The van der Waals surface area contributed by atoms with E-state index in [1.807, 2.05) is 13.8 Å². The minimum atomic E-state index is -3.42. The van der Waals surface area contributed by atoms with Crippen LogP contribution in [-0.4, -0.2) is 32.3 Å². The average Bonchev–Trinajstić information content (AvgIpc) is 2.84. The molecule has 2 heterocycles. The maximum atomic E-state index is 13.0. The highest BCUT2D eigenvalue weighted by atomic mass is 35.5. The van der Waals surface area contributed by atoms with E-state index in [1.54, 1.807) is 24.3 Å². The number of hydrogen-bond donors (Lipinski definition) is 2. The third kappa shape index (κ3) is 5.06. The second-order valence-corrected chi connectivity index (χ2v) is 12.9. The third-order valence-electron chi connectivity index (χ3n) is 7.18. The number of rotatable bonds is 5. The maximum Gasteiger partial charge on any atom is 0.246 e. The zero-order chi connectivity index (χ0) is 25.5. The summed E-state index contributed by atoms with van der Waals surface area (Å²) in [6.45, 7) is 3.93. The van der Waals surface area contributed by atoms with E-state index in [2.05, 4.69) is 34.2 Å². The predicted octanol–water partition coefficient (Wildman–Crippen LogP) is 5.87. The fourth-order valence-corrected chi connectivity index (χ4v) is 7.45. The summed E-state index contributed by atoms with van der Waals surface area (Å²) in [5.74, 6) is 1.36. The lowest BCUT2D eigenvalue weighted by Crippen LogP contribution is -2.41. The van der Waals surface area contributed by atoms with E-state index >= 15 is 0 Å². The van der Waals surface area contributed by atoms with Gasteiger partial charge in [-0.05, 0) is 75.1 Å². The molecule has 1 unspecified atom stereocenters. The van der Waals surface area contributed by atoms with E-state index in [-0.39, 0.29) is 5.92 Å².